The largest absolute Gasteiger partial charge is 0.366 e. The minimum Gasteiger partial charge on any atom is -0.366 e. The van der Waals surface area contributed by atoms with Crippen molar-refractivity contribution in [2.75, 3.05) is 11.9 Å². The van der Waals surface area contributed by atoms with Gasteiger partial charge >= 0.3 is 11.8 Å². The molecular formula is C20H22FN3O3. The van der Waals surface area contributed by atoms with Crippen LogP contribution in [0, 0.1) is 11.7 Å². The molecule has 7 heteroatoms. The van der Waals surface area contributed by atoms with Crippen molar-refractivity contribution in [3.05, 3.63) is 65.5 Å². The molecule has 0 saturated heterocycles. The molecule has 142 valence electrons. The van der Waals surface area contributed by atoms with Crippen LogP contribution in [0.25, 0.3) is 0 Å². The van der Waals surface area contributed by atoms with Gasteiger partial charge in [0.15, 0.2) is 0 Å². The number of carbonyl (C=O) groups excluding carboxylic acids is 3. The van der Waals surface area contributed by atoms with Crippen LogP contribution in [0.1, 0.15) is 29.8 Å². The molecule has 0 fully saturated rings. The summed E-state index contributed by atoms with van der Waals surface area (Å²) in [5.74, 6) is -3.17. The van der Waals surface area contributed by atoms with E-state index in [1.165, 1.54) is 11.0 Å². The summed E-state index contributed by atoms with van der Waals surface area (Å²) in [6.07, 6.45) is 0. The zero-order valence-electron chi connectivity index (χ0n) is 15.2. The SMILES string of the molecule is CC(C)CN(Cc1ccccc1)C(=O)C(=O)Nc1ccc(F)c(C(N)=O)c1. The van der Waals surface area contributed by atoms with E-state index in [9.17, 15) is 18.8 Å². The molecule has 0 atom stereocenters. The number of hydrogen-bond acceptors (Lipinski definition) is 3. The molecule has 0 spiro atoms. The van der Waals surface area contributed by atoms with Crippen LogP contribution < -0.4 is 11.1 Å². The third-order valence-electron chi connectivity index (χ3n) is 3.77. The van der Waals surface area contributed by atoms with E-state index < -0.39 is 23.5 Å². The van der Waals surface area contributed by atoms with Gasteiger partial charge in [-0.3, -0.25) is 14.4 Å². The van der Waals surface area contributed by atoms with Gasteiger partial charge in [-0.05, 0) is 29.7 Å². The number of primary amides is 1. The van der Waals surface area contributed by atoms with Crippen LogP contribution in [-0.4, -0.2) is 29.2 Å². The Labute approximate surface area is 157 Å². The second-order valence-electron chi connectivity index (χ2n) is 6.58. The van der Waals surface area contributed by atoms with Crippen LogP contribution in [0.3, 0.4) is 0 Å². The number of nitrogens with zero attached hydrogens (tertiary/aromatic N) is 1. The Morgan fingerprint density at radius 1 is 1.11 bits per heavy atom. The number of nitrogens with one attached hydrogen (secondary N) is 1. The minimum atomic E-state index is -0.958. The molecule has 0 heterocycles. The highest BCUT2D eigenvalue weighted by molar-refractivity contribution is 6.39. The van der Waals surface area contributed by atoms with Crippen LogP contribution in [0.15, 0.2) is 48.5 Å². The number of rotatable bonds is 6. The highest BCUT2D eigenvalue weighted by Gasteiger charge is 2.23. The summed E-state index contributed by atoms with van der Waals surface area (Å²) in [4.78, 5) is 37.7. The minimum absolute atomic E-state index is 0.118. The number of nitrogens with two attached hydrogens (primary N) is 1. The number of carbonyl (C=O) groups is 3. The third kappa shape index (κ3) is 5.64. The van der Waals surface area contributed by atoms with Gasteiger partial charge in [0.05, 0.1) is 5.56 Å². The molecule has 3 amide bonds. The van der Waals surface area contributed by atoms with Gasteiger partial charge in [-0.1, -0.05) is 44.2 Å². The van der Waals surface area contributed by atoms with E-state index in [2.05, 4.69) is 5.32 Å². The molecule has 0 saturated carbocycles. The van der Waals surface area contributed by atoms with Gasteiger partial charge in [-0.2, -0.15) is 0 Å². The van der Waals surface area contributed by atoms with Gasteiger partial charge in [0.2, 0.25) is 0 Å². The quantitative estimate of drug-likeness (QED) is 0.765. The molecule has 0 aliphatic heterocycles. The van der Waals surface area contributed by atoms with Crippen molar-refractivity contribution in [2.45, 2.75) is 20.4 Å². The van der Waals surface area contributed by atoms with E-state index >= 15 is 0 Å². The lowest BCUT2D eigenvalue weighted by molar-refractivity contribution is -0.143. The molecule has 0 aliphatic rings. The Hall–Kier alpha value is -3.22. The summed E-state index contributed by atoms with van der Waals surface area (Å²) >= 11 is 0. The van der Waals surface area contributed by atoms with Gasteiger partial charge in [-0.15, -0.1) is 0 Å². The molecule has 2 aromatic carbocycles. The van der Waals surface area contributed by atoms with Crippen molar-refractivity contribution >= 4 is 23.4 Å². The Kier molecular flexibility index (Phi) is 6.65. The summed E-state index contributed by atoms with van der Waals surface area (Å²) in [6, 6.07) is 12.7. The molecular weight excluding hydrogens is 349 g/mol. The first-order chi connectivity index (χ1) is 12.8. The normalized spacial score (nSPS) is 10.5. The fraction of sp³-hybridized carbons (Fsp3) is 0.250. The predicted octanol–water partition coefficient (Wildman–Crippen LogP) is 2.55. The molecule has 27 heavy (non-hydrogen) atoms. The summed E-state index contributed by atoms with van der Waals surface area (Å²) in [5, 5.41) is 2.40. The van der Waals surface area contributed by atoms with Gasteiger partial charge in [-0.25, -0.2) is 4.39 Å². The highest BCUT2D eigenvalue weighted by atomic mass is 19.1. The highest BCUT2D eigenvalue weighted by Crippen LogP contribution is 2.15. The standard InChI is InChI=1S/C20H22FN3O3/c1-13(2)11-24(12-14-6-4-3-5-7-14)20(27)19(26)23-15-8-9-17(21)16(10-15)18(22)25/h3-10,13H,11-12H2,1-2H3,(H2,22,25)(H,23,26). The average molecular weight is 371 g/mol. The van der Waals surface area contributed by atoms with E-state index in [0.29, 0.717) is 13.1 Å². The maximum absolute atomic E-state index is 13.5. The van der Waals surface area contributed by atoms with Crippen LogP contribution in [-0.2, 0) is 16.1 Å². The smallest absolute Gasteiger partial charge is 0.313 e. The summed E-state index contributed by atoms with van der Waals surface area (Å²) < 4.78 is 13.5. The fourth-order valence-electron chi connectivity index (χ4n) is 2.58. The third-order valence-corrected chi connectivity index (χ3v) is 3.77. The number of amides is 3. The number of benzene rings is 2. The van der Waals surface area contributed by atoms with E-state index in [1.54, 1.807) is 0 Å². The maximum Gasteiger partial charge on any atom is 0.313 e. The molecule has 2 rings (SSSR count). The second kappa shape index (κ2) is 8.93. The predicted molar refractivity (Wildman–Crippen MR) is 100 cm³/mol. The Morgan fingerprint density at radius 3 is 2.37 bits per heavy atom. The molecule has 0 aliphatic carbocycles. The average Bonchev–Trinajstić information content (AvgIpc) is 2.62. The van der Waals surface area contributed by atoms with E-state index in [1.807, 2.05) is 44.2 Å². The van der Waals surface area contributed by atoms with Gasteiger partial charge in [0.25, 0.3) is 5.91 Å². The van der Waals surface area contributed by atoms with Crippen LogP contribution in [0.2, 0.25) is 0 Å². The zero-order chi connectivity index (χ0) is 20.0. The topological polar surface area (TPSA) is 92.5 Å². The van der Waals surface area contributed by atoms with Crippen molar-refractivity contribution in [2.24, 2.45) is 11.7 Å². The van der Waals surface area contributed by atoms with Crippen molar-refractivity contribution in [3.63, 3.8) is 0 Å². The molecule has 0 radical (unpaired) electrons. The first-order valence-electron chi connectivity index (χ1n) is 8.51. The monoisotopic (exact) mass is 371 g/mol. The molecule has 6 nitrogen and oxygen atoms in total. The zero-order valence-corrected chi connectivity index (χ0v) is 15.2. The molecule has 2 aromatic rings. The molecule has 0 bridgehead atoms. The van der Waals surface area contributed by atoms with Gasteiger partial charge in [0, 0.05) is 18.8 Å². The second-order valence-corrected chi connectivity index (χ2v) is 6.58. The lowest BCUT2D eigenvalue weighted by Gasteiger charge is -2.24. The lowest BCUT2D eigenvalue weighted by Crippen LogP contribution is -2.41. The maximum atomic E-state index is 13.5. The fourth-order valence-corrected chi connectivity index (χ4v) is 2.58. The van der Waals surface area contributed by atoms with Crippen molar-refractivity contribution < 1.29 is 18.8 Å². The Balaban J connectivity index is 2.15. The summed E-state index contributed by atoms with van der Waals surface area (Å²) in [5.41, 5.74) is 5.76. The van der Waals surface area contributed by atoms with Crippen LogP contribution >= 0.6 is 0 Å². The van der Waals surface area contributed by atoms with Crippen molar-refractivity contribution in [3.8, 4) is 0 Å². The molecule has 0 unspecified atom stereocenters. The summed E-state index contributed by atoms with van der Waals surface area (Å²) in [6.45, 7) is 4.59. The van der Waals surface area contributed by atoms with Crippen LogP contribution in [0.4, 0.5) is 10.1 Å². The molecule has 3 N–H and O–H groups in total. The van der Waals surface area contributed by atoms with Gasteiger partial charge in [0.1, 0.15) is 5.82 Å². The first-order valence-corrected chi connectivity index (χ1v) is 8.51. The lowest BCUT2D eigenvalue weighted by atomic mass is 10.1. The van der Waals surface area contributed by atoms with Crippen molar-refractivity contribution in [1.82, 2.24) is 4.90 Å². The van der Waals surface area contributed by atoms with Crippen LogP contribution in [0.5, 0.6) is 0 Å². The first kappa shape index (κ1) is 20.1. The number of anilines is 1. The Bertz CT molecular complexity index is 838. The Morgan fingerprint density at radius 2 is 1.78 bits per heavy atom. The van der Waals surface area contributed by atoms with Crippen molar-refractivity contribution in [1.29, 1.82) is 0 Å². The van der Waals surface area contributed by atoms with Gasteiger partial charge < -0.3 is 16.0 Å². The van der Waals surface area contributed by atoms with E-state index in [-0.39, 0.29) is 17.2 Å². The summed E-state index contributed by atoms with van der Waals surface area (Å²) in [7, 11) is 0. The van der Waals surface area contributed by atoms with E-state index in [4.69, 9.17) is 5.73 Å². The molecule has 0 aromatic heterocycles. The number of halogens is 1. The number of hydrogen-bond donors (Lipinski definition) is 2. The van der Waals surface area contributed by atoms with E-state index in [0.717, 1.165) is 17.7 Å².